The first-order valence-corrected chi connectivity index (χ1v) is 9.64. The normalized spacial score (nSPS) is 15.0. The molecular formula is C20H21N5O2S. The Morgan fingerprint density at radius 2 is 1.96 bits per heavy atom. The van der Waals surface area contributed by atoms with Crippen LogP contribution in [0.4, 0.5) is 0 Å². The topological polar surface area (TPSA) is 95.0 Å². The second-order valence-corrected chi connectivity index (χ2v) is 7.33. The number of amides is 1. The van der Waals surface area contributed by atoms with Crippen molar-refractivity contribution in [2.24, 2.45) is 0 Å². The number of thiol groups is 1. The zero-order valence-corrected chi connectivity index (χ0v) is 16.1. The maximum Gasteiger partial charge on any atom is 0.248 e. The molecular weight excluding hydrogens is 374 g/mol. The molecule has 0 spiro atoms. The summed E-state index contributed by atoms with van der Waals surface area (Å²) in [4.78, 5) is 22.8. The first kappa shape index (κ1) is 18.6. The predicted molar refractivity (Wildman–Crippen MR) is 108 cm³/mol. The molecule has 1 fully saturated rings. The van der Waals surface area contributed by atoms with Crippen molar-refractivity contribution in [1.29, 1.82) is 0 Å². The number of rotatable bonds is 4. The van der Waals surface area contributed by atoms with E-state index in [1.54, 1.807) is 11.1 Å². The summed E-state index contributed by atoms with van der Waals surface area (Å²) in [7, 11) is 0. The van der Waals surface area contributed by atoms with E-state index in [4.69, 9.17) is 5.11 Å². The fourth-order valence-corrected chi connectivity index (χ4v) is 3.84. The molecule has 28 heavy (non-hydrogen) atoms. The van der Waals surface area contributed by atoms with Crippen LogP contribution in [0.25, 0.3) is 22.5 Å². The Balaban J connectivity index is 1.70. The molecule has 7 nitrogen and oxygen atoms in total. The number of benzene rings is 1. The highest BCUT2D eigenvalue weighted by Gasteiger charge is 2.28. The summed E-state index contributed by atoms with van der Waals surface area (Å²) in [6.45, 7) is 0.804. The number of hydrogen-bond acceptors (Lipinski definition) is 6. The standard InChI is InChI=1S/C20H21N5O2S/c26-11-17(27)25-9-6-14(7-10-25)20-18(16-5-8-21-12-22-16)19(23-24-20)13-1-3-15(28)4-2-13/h1-5,8,12,14,26,28H,6-7,9-11H2,(H,23,24). The monoisotopic (exact) mass is 395 g/mol. The molecule has 0 saturated carbocycles. The summed E-state index contributed by atoms with van der Waals surface area (Å²) in [5.74, 6) is 0.0183. The third-order valence-corrected chi connectivity index (χ3v) is 5.46. The number of aromatic amines is 1. The number of aliphatic hydroxyl groups excluding tert-OH is 1. The van der Waals surface area contributed by atoms with Crippen LogP contribution >= 0.6 is 12.6 Å². The van der Waals surface area contributed by atoms with Crippen molar-refractivity contribution in [3.05, 3.63) is 48.5 Å². The number of hydrogen-bond donors (Lipinski definition) is 3. The molecule has 1 aliphatic heterocycles. The van der Waals surface area contributed by atoms with Crippen molar-refractivity contribution in [1.82, 2.24) is 25.1 Å². The van der Waals surface area contributed by atoms with Gasteiger partial charge >= 0.3 is 0 Å². The van der Waals surface area contributed by atoms with Gasteiger partial charge in [-0.15, -0.1) is 12.6 Å². The van der Waals surface area contributed by atoms with Crippen molar-refractivity contribution in [2.75, 3.05) is 19.7 Å². The first-order valence-electron chi connectivity index (χ1n) is 9.20. The summed E-state index contributed by atoms with van der Waals surface area (Å²) in [5.41, 5.74) is 4.65. The molecule has 0 aliphatic carbocycles. The Morgan fingerprint density at radius 3 is 2.61 bits per heavy atom. The summed E-state index contributed by atoms with van der Waals surface area (Å²) in [6.07, 6.45) is 4.87. The van der Waals surface area contributed by atoms with Crippen LogP contribution in [0.2, 0.25) is 0 Å². The van der Waals surface area contributed by atoms with Gasteiger partial charge < -0.3 is 10.0 Å². The number of carbonyl (C=O) groups is 1. The molecule has 0 radical (unpaired) electrons. The maximum absolute atomic E-state index is 11.7. The molecule has 8 heteroatoms. The van der Waals surface area contributed by atoms with Crippen LogP contribution in [0.15, 0.2) is 47.8 Å². The highest BCUT2D eigenvalue weighted by molar-refractivity contribution is 7.80. The third-order valence-electron chi connectivity index (χ3n) is 5.16. The van der Waals surface area contributed by atoms with Crippen LogP contribution in [0.3, 0.4) is 0 Å². The van der Waals surface area contributed by atoms with E-state index in [1.807, 2.05) is 30.3 Å². The number of aliphatic hydroxyl groups is 1. The van der Waals surface area contributed by atoms with Crippen LogP contribution in [0.5, 0.6) is 0 Å². The van der Waals surface area contributed by atoms with Gasteiger partial charge in [-0.25, -0.2) is 9.97 Å². The Hall–Kier alpha value is -2.71. The van der Waals surface area contributed by atoms with Gasteiger partial charge in [0, 0.05) is 46.9 Å². The van der Waals surface area contributed by atoms with E-state index in [9.17, 15) is 4.79 Å². The van der Waals surface area contributed by atoms with Crippen molar-refractivity contribution < 1.29 is 9.90 Å². The van der Waals surface area contributed by atoms with Gasteiger partial charge in [-0.2, -0.15) is 5.10 Å². The van der Waals surface area contributed by atoms with Crippen molar-refractivity contribution >= 4 is 18.5 Å². The fourth-order valence-electron chi connectivity index (χ4n) is 3.69. The van der Waals surface area contributed by atoms with Crippen molar-refractivity contribution in [2.45, 2.75) is 23.7 Å². The lowest BCUT2D eigenvalue weighted by atomic mass is 9.89. The largest absolute Gasteiger partial charge is 0.387 e. The molecule has 1 saturated heterocycles. The molecule has 4 rings (SSSR count). The van der Waals surface area contributed by atoms with E-state index in [0.717, 1.165) is 45.9 Å². The van der Waals surface area contributed by atoms with Gasteiger partial charge in [0.05, 0.1) is 5.69 Å². The molecule has 2 N–H and O–H groups in total. The van der Waals surface area contributed by atoms with Gasteiger partial charge in [0.1, 0.15) is 18.6 Å². The van der Waals surface area contributed by atoms with Gasteiger partial charge in [-0.3, -0.25) is 9.89 Å². The second kappa shape index (κ2) is 8.12. The van der Waals surface area contributed by atoms with Gasteiger partial charge in [0.25, 0.3) is 0 Å². The van der Waals surface area contributed by atoms with Crippen LogP contribution < -0.4 is 0 Å². The lowest BCUT2D eigenvalue weighted by molar-refractivity contribution is -0.135. The van der Waals surface area contributed by atoms with E-state index in [-0.39, 0.29) is 11.8 Å². The fraction of sp³-hybridized carbons (Fsp3) is 0.300. The van der Waals surface area contributed by atoms with Crippen molar-refractivity contribution in [3.63, 3.8) is 0 Å². The highest BCUT2D eigenvalue weighted by Crippen LogP contribution is 2.39. The zero-order valence-electron chi connectivity index (χ0n) is 15.2. The molecule has 0 atom stereocenters. The van der Waals surface area contributed by atoms with Gasteiger partial charge in [-0.1, -0.05) is 12.1 Å². The average Bonchev–Trinajstić information content (AvgIpc) is 3.19. The lowest BCUT2D eigenvalue weighted by Crippen LogP contribution is -2.39. The minimum Gasteiger partial charge on any atom is -0.387 e. The van der Waals surface area contributed by atoms with E-state index in [0.29, 0.717) is 13.1 Å². The molecule has 3 aromatic rings. The van der Waals surface area contributed by atoms with Gasteiger partial charge in [-0.05, 0) is 31.0 Å². The van der Waals surface area contributed by atoms with Gasteiger partial charge in [0.2, 0.25) is 5.91 Å². The molecule has 0 unspecified atom stereocenters. The predicted octanol–water partition coefficient (Wildman–Crippen LogP) is 2.52. The maximum atomic E-state index is 11.7. The summed E-state index contributed by atoms with van der Waals surface area (Å²) < 4.78 is 0. The number of likely N-dealkylation sites (tertiary alicyclic amines) is 1. The summed E-state index contributed by atoms with van der Waals surface area (Å²) in [6, 6.07) is 9.76. The molecule has 1 amide bonds. The average molecular weight is 395 g/mol. The number of H-pyrrole nitrogens is 1. The van der Waals surface area contributed by atoms with E-state index >= 15 is 0 Å². The van der Waals surface area contributed by atoms with Crippen LogP contribution in [-0.4, -0.2) is 55.8 Å². The number of nitrogens with one attached hydrogen (secondary N) is 1. The van der Waals surface area contributed by atoms with Crippen LogP contribution in [0, 0.1) is 0 Å². The Bertz CT molecular complexity index is 950. The SMILES string of the molecule is O=C(CO)N1CCC(c2[nH]nc(-c3ccc(S)cc3)c2-c2ccncn2)CC1. The first-order chi connectivity index (χ1) is 13.7. The Morgan fingerprint density at radius 1 is 1.21 bits per heavy atom. The Labute approximate surface area is 168 Å². The minimum atomic E-state index is -0.438. The van der Waals surface area contributed by atoms with E-state index in [1.165, 1.54) is 6.33 Å². The number of carbonyl (C=O) groups excluding carboxylic acids is 1. The summed E-state index contributed by atoms with van der Waals surface area (Å²) >= 11 is 4.36. The highest BCUT2D eigenvalue weighted by atomic mass is 32.1. The second-order valence-electron chi connectivity index (χ2n) is 6.82. The zero-order chi connectivity index (χ0) is 19.5. The number of piperidine rings is 1. The van der Waals surface area contributed by atoms with Crippen LogP contribution in [-0.2, 0) is 4.79 Å². The molecule has 2 aromatic heterocycles. The smallest absolute Gasteiger partial charge is 0.248 e. The quantitative estimate of drug-likeness (QED) is 0.590. The molecule has 0 bridgehead atoms. The van der Waals surface area contributed by atoms with Crippen LogP contribution in [0.1, 0.15) is 24.5 Å². The third kappa shape index (κ3) is 3.65. The molecule has 1 aliphatic rings. The molecule has 144 valence electrons. The number of nitrogens with zero attached hydrogens (tertiary/aromatic N) is 4. The van der Waals surface area contributed by atoms with Crippen molar-refractivity contribution in [3.8, 4) is 22.5 Å². The van der Waals surface area contributed by atoms with E-state index in [2.05, 4.69) is 32.8 Å². The number of aromatic nitrogens is 4. The van der Waals surface area contributed by atoms with E-state index < -0.39 is 6.61 Å². The summed E-state index contributed by atoms with van der Waals surface area (Å²) in [5, 5.41) is 16.9. The van der Waals surface area contributed by atoms with Gasteiger partial charge in [0.15, 0.2) is 0 Å². The lowest BCUT2D eigenvalue weighted by Gasteiger charge is -2.31. The minimum absolute atomic E-state index is 0.216. The Kier molecular flexibility index (Phi) is 5.40. The molecule has 1 aromatic carbocycles. The molecule has 3 heterocycles.